The lowest BCUT2D eigenvalue weighted by Gasteiger charge is -2.18. The summed E-state index contributed by atoms with van der Waals surface area (Å²) in [5, 5.41) is 3.55. The van der Waals surface area contributed by atoms with Crippen LogP contribution in [0.2, 0.25) is 0 Å². The Bertz CT molecular complexity index is 572. The van der Waals surface area contributed by atoms with Gasteiger partial charge in [-0.3, -0.25) is 4.98 Å². The Morgan fingerprint density at radius 2 is 2.35 bits per heavy atom. The summed E-state index contributed by atoms with van der Waals surface area (Å²) in [5.41, 5.74) is 2.51. The van der Waals surface area contributed by atoms with Crippen LogP contribution in [0.5, 0.6) is 5.75 Å². The molecule has 1 N–H and O–H groups in total. The van der Waals surface area contributed by atoms with Crippen molar-refractivity contribution >= 4 is 11.3 Å². The summed E-state index contributed by atoms with van der Waals surface area (Å²) in [6.07, 6.45) is 5.60. The maximum atomic E-state index is 5.47. The Labute approximate surface area is 124 Å². The lowest BCUT2D eigenvalue weighted by atomic mass is 10.1. The van der Waals surface area contributed by atoms with Gasteiger partial charge in [0.25, 0.3) is 0 Å². The van der Waals surface area contributed by atoms with Crippen LogP contribution in [0, 0.1) is 0 Å². The third-order valence-electron chi connectivity index (χ3n) is 3.75. The highest BCUT2D eigenvalue weighted by atomic mass is 32.1. The van der Waals surface area contributed by atoms with Gasteiger partial charge in [-0.2, -0.15) is 0 Å². The Morgan fingerprint density at radius 1 is 1.45 bits per heavy atom. The van der Waals surface area contributed by atoms with E-state index in [0.29, 0.717) is 0 Å². The molecule has 106 valence electrons. The normalized spacial score (nSPS) is 15.1. The fourth-order valence-electron chi connectivity index (χ4n) is 2.82. The zero-order valence-corrected chi connectivity index (χ0v) is 12.8. The summed E-state index contributed by atoms with van der Waals surface area (Å²) in [6.45, 7) is 3.04. The minimum atomic E-state index is 0.131. The van der Waals surface area contributed by atoms with Gasteiger partial charge in [0.1, 0.15) is 11.4 Å². The minimum absolute atomic E-state index is 0.131. The van der Waals surface area contributed by atoms with Gasteiger partial charge >= 0.3 is 0 Å². The number of aryl methyl sites for hydroxylation is 2. The Kier molecular flexibility index (Phi) is 4.03. The molecule has 2 aromatic rings. The Morgan fingerprint density at radius 3 is 3.10 bits per heavy atom. The smallest absolute Gasteiger partial charge is 0.142 e. The second-order valence-electron chi connectivity index (χ2n) is 5.03. The molecule has 0 bridgehead atoms. The number of thiophene rings is 1. The molecule has 0 saturated carbocycles. The van der Waals surface area contributed by atoms with E-state index < -0.39 is 0 Å². The van der Waals surface area contributed by atoms with Gasteiger partial charge in [0.05, 0.1) is 13.2 Å². The first-order valence-corrected chi connectivity index (χ1v) is 7.99. The number of hydrogen-bond donors (Lipinski definition) is 1. The lowest BCUT2D eigenvalue weighted by Crippen LogP contribution is -2.22. The predicted molar refractivity (Wildman–Crippen MR) is 82.7 cm³/mol. The molecule has 0 aliphatic heterocycles. The van der Waals surface area contributed by atoms with Gasteiger partial charge in [0.15, 0.2) is 0 Å². The number of ether oxygens (including phenoxy) is 1. The van der Waals surface area contributed by atoms with E-state index in [1.807, 2.05) is 29.7 Å². The van der Waals surface area contributed by atoms with Crippen molar-refractivity contribution in [2.75, 3.05) is 13.7 Å². The van der Waals surface area contributed by atoms with Crippen molar-refractivity contribution in [1.82, 2.24) is 10.3 Å². The maximum absolute atomic E-state index is 5.47. The van der Waals surface area contributed by atoms with Gasteiger partial charge < -0.3 is 10.1 Å². The highest BCUT2D eigenvalue weighted by Gasteiger charge is 2.24. The first-order chi connectivity index (χ1) is 9.83. The molecule has 0 fully saturated rings. The van der Waals surface area contributed by atoms with E-state index in [2.05, 4.69) is 23.3 Å². The molecule has 0 spiro atoms. The number of fused-ring (bicyclic) bond motifs is 1. The van der Waals surface area contributed by atoms with Crippen molar-refractivity contribution in [3.05, 3.63) is 45.4 Å². The number of methoxy groups -OCH3 is 1. The molecule has 20 heavy (non-hydrogen) atoms. The van der Waals surface area contributed by atoms with E-state index in [-0.39, 0.29) is 6.04 Å². The molecule has 0 radical (unpaired) electrons. The van der Waals surface area contributed by atoms with Crippen molar-refractivity contribution < 1.29 is 4.74 Å². The number of aromatic nitrogens is 1. The van der Waals surface area contributed by atoms with Crippen LogP contribution in [-0.4, -0.2) is 18.6 Å². The summed E-state index contributed by atoms with van der Waals surface area (Å²) in [5.74, 6) is 0.854. The van der Waals surface area contributed by atoms with E-state index in [9.17, 15) is 0 Å². The molecular weight excluding hydrogens is 268 g/mol. The molecule has 0 aromatic carbocycles. The fraction of sp³-hybridized carbons (Fsp3) is 0.438. The van der Waals surface area contributed by atoms with Crippen LogP contribution in [0.1, 0.15) is 40.4 Å². The molecule has 2 heterocycles. The van der Waals surface area contributed by atoms with Gasteiger partial charge in [-0.15, -0.1) is 11.3 Å². The van der Waals surface area contributed by atoms with Crippen molar-refractivity contribution in [1.29, 1.82) is 0 Å². The van der Waals surface area contributed by atoms with E-state index in [1.165, 1.54) is 29.7 Å². The monoisotopic (exact) mass is 288 g/mol. The van der Waals surface area contributed by atoms with Crippen LogP contribution in [-0.2, 0) is 12.8 Å². The number of nitrogens with zero attached hydrogens (tertiary/aromatic N) is 1. The molecule has 0 amide bonds. The third kappa shape index (κ3) is 2.45. The molecule has 3 rings (SSSR count). The molecule has 1 unspecified atom stereocenters. The largest absolute Gasteiger partial charge is 0.495 e. The molecule has 1 aliphatic rings. The summed E-state index contributed by atoms with van der Waals surface area (Å²) in [7, 11) is 1.71. The van der Waals surface area contributed by atoms with Crippen LogP contribution in [0.3, 0.4) is 0 Å². The van der Waals surface area contributed by atoms with E-state index in [0.717, 1.165) is 18.0 Å². The average molecular weight is 288 g/mol. The predicted octanol–water partition coefficient (Wildman–Crippen LogP) is 3.34. The van der Waals surface area contributed by atoms with Crippen molar-refractivity contribution in [2.45, 2.75) is 32.2 Å². The van der Waals surface area contributed by atoms with Crippen LogP contribution in [0.15, 0.2) is 24.4 Å². The number of pyridine rings is 1. The maximum Gasteiger partial charge on any atom is 0.142 e. The van der Waals surface area contributed by atoms with E-state index >= 15 is 0 Å². The SMILES string of the molecule is CCNC(c1cc2c(s1)CCC2)c1ncccc1OC. The second kappa shape index (κ2) is 5.94. The van der Waals surface area contributed by atoms with E-state index in [4.69, 9.17) is 4.74 Å². The lowest BCUT2D eigenvalue weighted by molar-refractivity contribution is 0.401. The number of rotatable bonds is 5. The first kappa shape index (κ1) is 13.6. The van der Waals surface area contributed by atoms with Gasteiger partial charge in [-0.05, 0) is 49.6 Å². The van der Waals surface area contributed by atoms with Gasteiger partial charge in [-0.25, -0.2) is 0 Å². The van der Waals surface area contributed by atoms with Crippen LogP contribution >= 0.6 is 11.3 Å². The Balaban J connectivity index is 1.99. The van der Waals surface area contributed by atoms with Crippen LogP contribution in [0.4, 0.5) is 0 Å². The second-order valence-corrected chi connectivity index (χ2v) is 6.20. The molecule has 3 nitrogen and oxygen atoms in total. The third-order valence-corrected chi connectivity index (χ3v) is 5.05. The summed E-state index contributed by atoms with van der Waals surface area (Å²) >= 11 is 1.93. The molecule has 4 heteroatoms. The average Bonchev–Trinajstić information content (AvgIpc) is 3.06. The topological polar surface area (TPSA) is 34.2 Å². The van der Waals surface area contributed by atoms with Crippen LogP contribution < -0.4 is 10.1 Å². The van der Waals surface area contributed by atoms with E-state index in [1.54, 1.807) is 12.0 Å². The highest BCUT2D eigenvalue weighted by Crippen LogP contribution is 2.37. The zero-order valence-electron chi connectivity index (χ0n) is 12.0. The van der Waals surface area contributed by atoms with Gasteiger partial charge in [0.2, 0.25) is 0 Å². The minimum Gasteiger partial charge on any atom is -0.495 e. The quantitative estimate of drug-likeness (QED) is 0.916. The standard InChI is InChI=1S/C16H20N2OS/c1-3-17-16(15-12(19-2)7-5-9-18-15)14-10-11-6-4-8-13(11)20-14/h5,7,9-10,16-17H,3-4,6,8H2,1-2H3. The van der Waals surface area contributed by atoms with Gasteiger partial charge in [0, 0.05) is 16.0 Å². The molecule has 1 atom stereocenters. The summed E-state index contributed by atoms with van der Waals surface area (Å²) < 4.78 is 5.47. The molecular formula is C16H20N2OS. The number of hydrogen-bond acceptors (Lipinski definition) is 4. The zero-order chi connectivity index (χ0) is 13.9. The van der Waals surface area contributed by atoms with Gasteiger partial charge in [-0.1, -0.05) is 6.92 Å². The molecule has 0 saturated heterocycles. The molecule has 1 aliphatic carbocycles. The fourth-order valence-corrected chi connectivity index (χ4v) is 4.16. The van der Waals surface area contributed by atoms with Crippen molar-refractivity contribution in [2.24, 2.45) is 0 Å². The van der Waals surface area contributed by atoms with Crippen LogP contribution in [0.25, 0.3) is 0 Å². The van der Waals surface area contributed by atoms with Crippen molar-refractivity contribution in [3.8, 4) is 5.75 Å². The highest BCUT2D eigenvalue weighted by molar-refractivity contribution is 7.12. The number of nitrogens with one attached hydrogen (secondary N) is 1. The van der Waals surface area contributed by atoms with Crippen molar-refractivity contribution in [3.63, 3.8) is 0 Å². The molecule has 2 aromatic heterocycles. The first-order valence-electron chi connectivity index (χ1n) is 7.17. The summed E-state index contributed by atoms with van der Waals surface area (Å²) in [6, 6.07) is 6.38. The Hall–Kier alpha value is -1.39. The summed E-state index contributed by atoms with van der Waals surface area (Å²) in [4.78, 5) is 7.46.